The minimum Gasteiger partial charge on any atom is -0.365 e. The van der Waals surface area contributed by atoms with Crippen molar-refractivity contribution in [3.63, 3.8) is 0 Å². The number of nitrogens with two attached hydrogens (primary N) is 1. The van der Waals surface area contributed by atoms with Gasteiger partial charge in [-0.25, -0.2) is 4.99 Å². The zero-order valence-electron chi connectivity index (χ0n) is 14.1. The van der Waals surface area contributed by atoms with Crippen LogP contribution in [0.1, 0.15) is 21.5 Å². The van der Waals surface area contributed by atoms with Crippen molar-refractivity contribution in [1.82, 2.24) is 10.2 Å². The third-order valence-corrected chi connectivity index (χ3v) is 3.90. The van der Waals surface area contributed by atoms with Crippen LogP contribution in [0.3, 0.4) is 0 Å². The Morgan fingerprint density at radius 3 is 2.54 bits per heavy atom. The third-order valence-electron chi connectivity index (χ3n) is 3.66. The van der Waals surface area contributed by atoms with E-state index < -0.39 is 17.6 Å². The molecule has 0 aliphatic rings. The second-order valence-corrected chi connectivity index (χ2v) is 6.11. The topological polar surface area (TPSA) is 96.2 Å². The number of aliphatic imine (C=N–C) groups is 1. The molecule has 1 aromatic heterocycles. The van der Waals surface area contributed by atoms with E-state index in [0.29, 0.717) is 16.3 Å². The van der Waals surface area contributed by atoms with Crippen LogP contribution in [0.15, 0.2) is 53.5 Å². The zero-order chi connectivity index (χ0) is 20.3. The normalized spacial score (nSPS) is 11.7. The number of anilines is 2. The number of alkyl halides is 3. The fourth-order valence-electron chi connectivity index (χ4n) is 2.35. The number of aromatic amines is 1. The highest BCUT2D eigenvalue weighted by molar-refractivity contribution is 6.30. The summed E-state index contributed by atoms with van der Waals surface area (Å²) in [7, 11) is 0. The molecule has 1 heterocycles. The van der Waals surface area contributed by atoms with Gasteiger partial charge in [0.2, 0.25) is 0 Å². The van der Waals surface area contributed by atoms with Crippen molar-refractivity contribution in [1.29, 1.82) is 0 Å². The van der Waals surface area contributed by atoms with Gasteiger partial charge >= 0.3 is 6.18 Å². The summed E-state index contributed by atoms with van der Waals surface area (Å²) in [5.41, 5.74) is 5.64. The Hall–Kier alpha value is -3.33. The van der Waals surface area contributed by atoms with Gasteiger partial charge in [0.1, 0.15) is 5.56 Å². The summed E-state index contributed by atoms with van der Waals surface area (Å²) in [6, 6.07) is 11.2. The van der Waals surface area contributed by atoms with Crippen LogP contribution in [-0.4, -0.2) is 22.3 Å². The van der Waals surface area contributed by atoms with Gasteiger partial charge in [-0.05, 0) is 35.9 Å². The first kappa shape index (κ1) is 19.4. The summed E-state index contributed by atoms with van der Waals surface area (Å²) in [6.07, 6.45) is -3.12. The first-order chi connectivity index (χ1) is 13.2. The Balaban J connectivity index is 1.85. The number of H-pyrrole nitrogens is 1. The maximum Gasteiger partial charge on any atom is 0.416 e. The van der Waals surface area contributed by atoms with E-state index in [2.05, 4.69) is 20.5 Å². The lowest BCUT2D eigenvalue weighted by atomic mass is 10.1. The number of amides is 1. The van der Waals surface area contributed by atoms with Gasteiger partial charge < -0.3 is 11.1 Å². The Kier molecular flexibility index (Phi) is 5.36. The lowest BCUT2D eigenvalue weighted by Gasteiger charge is -2.06. The van der Waals surface area contributed by atoms with Crippen molar-refractivity contribution in [2.24, 2.45) is 10.7 Å². The first-order valence-corrected chi connectivity index (χ1v) is 8.24. The minimum absolute atomic E-state index is 0.00290. The van der Waals surface area contributed by atoms with Crippen LogP contribution in [0.25, 0.3) is 0 Å². The summed E-state index contributed by atoms with van der Waals surface area (Å²) in [6.45, 7) is 0. The highest BCUT2D eigenvalue weighted by atomic mass is 35.5. The average Bonchev–Trinajstić information content (AvgIpc) is 3.02. The first-order valence-electron chi connectivity index (χ1n) is 7.86. The molecule has 0 aliphatic carbocycles. The van der Waals surface area contributed by atoms with E-state index in [0.717, 1.165) is 12.1 Å². The molecule has 144 valence electrons. The largest absolute Gasteiger partial charge is 0.416 e. The Labute approximate surface area is 162 Å². The van der Waals surface area contributed by atoms with Crippen molar-refractivity contribution < 1.29 is 18.0 Å². The van der Waals surface area contributed by atoms with Gasteiger partial charge in [0.05, 0.1) is 5.56 Å². The van der Waals surface area contributed by atoms with E-state index in [1.165, 1.54) is 18.3 Å². The Morgan fingerprint density at radius 1 is 1.21 bits per heavy atom. The number of hydrogen-bond acceptors (Lipinski definition) is 4. The van der Waals surface area contributed by atoms with Gasteiger partial charge in [-0.15, -0.1) is 0 Å². The number of carbonyl (C=O) groups is 1. The van der Waals surface area contributed by atoms with E-state index in [9.17, 15) is 18.0 Å². The second-order valence-electron chi connectivity index (χ2n) is 5.67. The van der Waals surface area contributed by atoms with Gasteiger partial charge in [-0.2, -0.15) is 18.3 Å². The van der Waals surface area contributed by atoms with Crippen LogP contribution in [0, 0.1) is 0 Å². The van der Waals surface area contributed by atoms with Gasteiger partial charge in [0, 0.05) is 16.9 Å². The molecule has 1 amide bonds. The maximum atomic E-state index is 12.6. The van der Waals surface area contributed by atoms with E-state index >= 15 is 0 Å². The Morgan fingerprint density at radius 2 is 1.93 bits per heavy atom. The molecule has 0 atom stereocenters. The van der Waals surface area contributed by atoms with Gasteiger partial charge in [0.15, 0.2) is 11.6 Å². The van der Waals surface area contributed by atoms with Crippen molar-refractivity contribution in [3.8, 4) is 0 Å². The van der Waals surface area contributed by atoms with Gasteiger partial charge in [-0.1, -0.05) is 29.8 Å². The molecule has 0 radical (unpaired) electrons. The van der Waals surface area contributed by atoms with E-state index in [4.69, 9.17) is 17.3 Å². The van der Waals surface area contributed by atoms with Crippen LogP contribution in [0.4, 0.5) is 30.5 Å². The molecule has 0 unspecified atom stereocenters. The molecule has 0 spiro atoms. The molecule has 3 aromatic rings. The number of benzene rings is 2. The molecule has 3 rings (SSSR count). The van der Waals surface area contributed by atoms with Crippen LogP contribution < -0.4 is 11.1 Å². The van der Waals surface area contributed by atoms with Crippen LogP contribution in [0.5, 0.6) is 0 Å². The standard InChI is InChI=1S/C18H13ClF3N5O/c19-12-2-1-3-13(8-12)25-17-14(15(23)28)16(26-27-17)24-9-10-4-6-11(7-5-10)18(20,21)22/h1-9H,(H2,23,28)(H2,25,26,27)/b24-9+. The lowest BCUT2D eigenvalue weighted by Crippen LogP contribution is -2.12. The summed E-state index contributed by atoms with van der Waals surface area (Å²) in [5.74, 6) is -0.566. The molecule has 0 saturated heterocycles. The maximum absolute atomic E-state index is 12.6. The smallest absolute Gasteiger partial charge is 0.365 e. The number of carbonyl (C=O) groups excluding carboxylic acids is 1. The van der Waals surface area contributed by atoms with Crippen LogP contribution in [-0.2, 0) is 6.18 Å². The number of halogens is 4. The number of nitrogens with one attached hydrogen (secondary N) is 2. The molecular formula is C18H13ClF3N5O. The molecule has 10 heteroatoms. The number of primary amides is 1. The van der Waals surface area contributed by atoms with Crippen molar-refractivity contribution >= 4 is 41.0 Å². The number of aromatic nitrogens is 2. The quantitative estimate of drug-likeness (QED) is 0.536. The average molecular weight is 408 g/mol. The summed E-state index contributed by atoms with van der Waals surface area (Å²) >= 11 is 5.92. The van der Waals surface area contributed by atoms with E-state index in [-0.39, 0.29) is 17.2 Å². The molecule has 6 nitrogen and oxygen atoms in total. The summed E-state index contributed by atoms with van der Waals surface area (Å²) < 4.78 is 37.8. The highest BCUT2D eigenvalue weighted by Crippen LogP contribution is 2.29. The third kappa shape index (κ3) is 4.49. The van der Waals surface area contributed by atoms with E-state index in [1.54, 1.807) is 24.3 Å². The molecule has 0 aliphatic heterocycles. The SMILES string of the molecule is NC(=O)c1c(Nc2cccc(Cl)c2)n[nH]c1/N=C/c1ccc(C(F)(F)F)cc1. The van der Waals surface area contributed by atoms with Gasteiger partial charge in [0.25, 0.3) is 5.91 Å². The monoisotopic (exact) mass is 407 g/mol. The summed E-state index contributed by atoms with van der Waals surface area (Å²) in [5, 5.41) is 9.95. The van der Waals surface area contributed by atoms with Crippen LogP contribution >= 0.6 is 11.6 Å². The predicted molar refractivity (Wildman–Crippen MR) is 101 cm³/mol. The van der Waals surface area contributed by atoms with Crippen molar-refractivity contribution in [2.75, 3.05) is 5.32 Å². The fourth-order valence-corrected chi connectivity index (χ4v) is 2.54. The molecule has 0 bridgehead atoms. The Bertz CT molecular complexity index is 1030. The lowest BCUT2D eigenvalue weighted by molar-refractivity contribution is -0.137. The fraction of sp³-hybridized carbons (Fsp3) is 0.0556. The molecular weight excluding hydrogens is 395 g/mol. The minimum atomic E-state index is -4.42. The molecule has 4 N–H and O–H groups in total. The van der Waals surface area contributed by atoms with E-state index in [1.807, 2.05) is 0 Å². The number of nitrogens with zero attached hydrogens (tertiary/aromatic N) is 2. The highest BCUT2D eigenvalue weighted by Gasteiger charge is 2.29. The number of hydrogen-bond donors (Lipinski definition) is 3. The second kappa shape index (κ2) is 7.73. The molecule has 2 aromatic carbocycles. The molecule has 0 fully saturated rings. The van der Waals surface area contributed by atoms with Crippen LogP contribution in [0.2, 0.25) is 5.02 Å². The number of rotatable bonds is 5. The van der Waals surface area contributed by atoms with Crippen molar-refractivity contribution in [3.05, 3.63) is 70.2 Å². The summed E-state index contributed by atoms with van der Waals surface area (Å²) in [4.78, 5) is 15.9. The molecule has 0 saturated carbocycles. The predicted octanol–water partition coefficient (Wildman–Crippen LogP) is 4.68. The van der Waals surface area contributed by atoms with Gasteiger partial charge in [-0.3, -0.25) is 9.89 Å². The van der Waals surface area contributed by atoms with Crippen molar-refractivity contribution in [2.45, 2.75) is 6.18 Å². The zero-order valence-corrected chi connectivity index (χ0v) is 14.8. The molecule has 28 heavy (non-hydrogen) atoms.